The number of aryl methyl sites for hydroxylation is 1. The smallest absolute Gasteiger partial charge is 0.268 e. The van der Waals surface area contributed by atoms with Crippen LogP contribution in [0.3, 0.4) is 0 Å². The molecule has 2 aromatic carbocycles. The molecule has 1 amide bonds. The summed E-state index contributed by atoms with van der Waals surface area (Å²) in [4.78, 5) is 12.3. The molecule has 1 N–H and O–H groups in total. The molecule has 1 aliphatic rings. The van der Waals surface area contributed by atoms with Crippen LogP contribution in [-0.2, 0) is 6.54 Å². The Balaban J connectivity index is 2.07. The number of carbonyl (C=O) groups excluding carboxylic acids is 1. The predicted octanol–water partition coefficient (Wildman–Crippen LogP) is 3.89. The van der Waals surface area contributed by atoms with E-state index < -0.39 is 0 Å². The van der Waals surface area contributed by atoms with Gasteiger partial charge in [0.05, 0.1) is 17.1 Å². The van der Waals surface area contributed by atoms with Crippen molar-refractivity contribution in [3.63, 3.8) is 0 Å². The number of hydrogen-bond acceptors (Lipinski definition) is 2. The van der Waals surface area contributed by atoms with Gasteiger partial charge in [-0.05, 0) is 42.3 Å². The second kappa shape index (κ2) is 5.40. The highest BCUT2D eigenvalue weighted by atomic mass is 35.5. The van der Waals surface area contributed by atoms with Crippen LogP contribution in [-0.4, -0.2) is 17.0 Å². The summed E-state index contributed by atoms with van der Waals surface area (Å²) in [6.45, 7) is 3.30. The number of carbonyl (C=O) groups is 1. The molecular weight excluding hydrogens is 322 g/mol. The molecular formula is C19H14ClN3O. The molecule has 0 spiro atoms. The fraction of sp³-hybridized carbons (Fsp3) is 0.158. The monoisotopic (exact) mass is 335 g/mol. The van der Waals surface area contributed by atoms with E-state index in [0.717, 1.165) is 34.1 Å². The van der Waals surface area contributed by atoms with Crippen molar-refractivity contribution >= 4 is 28.4 Å². The van der Waals surface area contributed by atoms with Gasteiger partial charge in [0.15, 0.2) is 0 Å². The predicted molar refractivity (Wildman–Crippen MR) is 94.2 cm³/mol. The van der Waals surface area contributed by atoms with Gasteiger partial charge in [0.25, 0.3) is 5.91 Å². The van der Waals surface area contributed by atoms with E-state index in [9.17, 15) is 4.79 Å². The molecule has 24 heavy (non-hydrogen) atoms. The zero-order chi connectivity index (χ0) is 16.8. The molecule has 0 fully saturated rings. The maximum Gasteiger partial charge on any atom is 0.268 e. The third-order valence-corrected chi connectivity index (χ3v) is 4.75. The SMILES string of the molecule is Cc1c2n(c3c(-c4ccc(C#N)cc4)cc(Cl)cc13)CCNC2=O. The Kier molecular flexibility index (Phi) is 3.33. The van der Waals surface area contributed by atoms with E-state index in [4.69, 9.17) is 16.9 Å². The zero-order valence-corrected chi connectivity index (χ0v) is 13.8. The third kappa shape index (κ3) is 2.10. The normalized spacial score (nSPS) is 13.5. The lowest BCUT2D eigenvalue weighted by Crippen LogP contribution is -2.35. The van der Waals surface area contributed by atoms with Crippen LogP contribution >= 0.6 is 11.6 Å². The molecule has 2 heterocycles. The van der Waals surface area contributed by atoms with E-state index in [1.54, 1.807) is 12.1 Å². The molecule has 118 valence electrons. The molecule has 0 bridgehead atoms. The average molecular weight is 336 g/mol. The Morgan fingerprint density at radius 3 is 2.71 bits per heavy atom. The van der Waals surface area contributed by atoms with Gasteiger partial charge in [-0.3, -0.25) is 4.79 Å². The minimum absolute atomic E-state index is 0.0446. The number of amides is 1. The summed E-state index contributed by atoms with van der Waals surface area (Å²) in [6, 6.07) is 13.4. The van der Waals surface area contributed by atoms with Gasteiger partial charge in [0, 0.05) is 29.1 Å². The molecule has 0 atom stereocenters. The van der Waals surface area contributed by atoms with Crippen LogP contribution in [0.4, 0.5) is 0 Å². The number of nitriles is 1. The van der Waals surface area contributed by atoms with Crippen LogP contribution in [0.25, 0.3) is 22.0 Å². The van der Waals surface area contributed by atoms with Crippen molar-refractivity contribution < 1.29 is 4.79 Å². The molecule has 3 aromatic rings. The fourth-order valence-corrected chi connectivity index (χ4v) is 3.66. The van der Waals surface area contributed by atoms with Crippen molar-refractivity contribution in [2.75, 3.05) is 6.54 Å². The second-order valence-electron chi connectivity index (χ2n) is 5.92. The van der Waals surface area contributed by atoms with Crippen LogP contribution in [0.1, 0.15) is 21.6 Å². The molecule has 0 radical (unpaired) electrons. The van der Waals surface area contributed by atoms with Gasteiger partial charge in [-0.25, -0.2) is 0 Å². The van der Waals surface area contributed by atoms with Crippen molar-refractivity contribution in [2.24, 2.45) is 0 Å². The lowest BCUT2D eigenvalue weighted by atomic mass is 10.0. The first-order valence-corrected chi connectivity index (χ1v) is 8.09. The maximum absolute atomic E-state index is 12.3. The van der Waals surface area contributed by atoms with Crippen LogP contribution in [0.15, 0.2) is 36.4 Å². The Hall–Kier alpha value is -2.77. The highest BCUT2D eigenvalue weighted by Gasteiger charge is 2.25. The summed E-state index contributed by atoms with van der Waals surface area (Å²) in [5.74, 6) is -0.0446. The van der Waals surface area contributed by atoms with Gasteiger partial charge in [-0.2, -0.15) is 5.26 Å². The fourth-order valence-electron chi connectivity index (χ4n) is 3.44. The van der Waals surface area contributed by atoms with Crippen LogP contribution in [0.5, 0.6) is 0 Å². The molecule has 1 aromatic heterocycles. The summed E-state index contributed by atoms with van der Waals surface area (Å²) in [5.41, 5.74) is 5.24. The summed E-state index contributed by atoms with van der Waals surface area (Å²) in [6.07, 6.45) is 0. The van der Waals surface area contributed by atoms with Crippen molar-refractivity contribution in [2.45, 2.75) is 13.5 Å². The lowest BCUT2D eigenvalue weighted by Gasteiger charge is -2.18. The molecule has 0 aliphatic carbocycles. The van der Waals surface area contributed by atoms with E-state index >= 15 is 0 Å². The summed E-state index contributed by atoms with van der Waals surface area (Å²) < 4.78 is 2.08. The van der Waals surface area contributed by atoms with Gasteiger partial charge in [-0.1, -0.05) is 23.7 Å². The maximum atomic E-state index is 12.3. The van der Waals surface area contributed by atoms with Crippen molar-refractivity contribution in [1.82, 2.24) is 9.88 Å². The number of rotatable bonds is 1. The topological polar surface area (TPSA) is 57.8 Å². The van der Waals surface area contributed by atoms with Crippen LogP contribution < -0.4 is 5.32 Å². The highest BCUT2D eigenvalue weighted by Crippen LogP contribution is 2.37. The van der Waals surface area contributed by atoms with E-state index in [1.807, 2.05) is 31.2 Å². The number of benzene rings is 2. The van der Waals surface area contributed by atoms with E-state index in [1.165, 1.54) is 0 Å². The minimum Gasteiger partial charge on any atom is -0.349 e. The Morgan fingerprint density at radius 2 is 2.00 bits per heavy atom. The Labute approximate surface area is 144 Å². The lowest BCUT2D eigenvalue weighted by molar-refractivity contribution is 0.0928. The molecule has 0 saturated heterocycles. The third-order valence-electron chi connectivity index (χ3n) is 4.53. The first-order valence-electron chi connectivity index (χ1n) is 7.71. The Bertz CT molecular complexity index is 1030. The van der Waals surface area contributed by atoms with Crippen LogP contribution in [0.2, 0.25) is 5.02 Å². The van der Waals surface area contributed by atoms with Crippen molar-refractivity contribution in [3.8, 4) is 17.2 Å². The van der Waals surface area contributed by atoms with Gasteiger partial charge in [-0.15, -0.1) is 0 Å². The number of halogens is 1. The highest BCUT2D eigenvalue weighted by molar-refractivity contribution is 6.32. The van der Waals surface area contributed by atoms with E-state index in [-0.39, 0.29) is 5.91 Å². The van der Waals surface area contributed by atoms with Crippen molar-refractivity contribution in [3.05, 3.63) is 58.2 Å². The van der Waals surface area contributed by atoms with Gasteiger partial charge >= 0.3 is 0 Å². The minimum atomic E-state index is -0.0446. The number of nitrogens with one attached hydrogen (secondary N) is 1. The first-order chi connectivity index (χ1) is 11.6. The largest absolute Gasteiger partial charge is 0.349 e. The second-order valence-corrected chi connectivity index (χ2v) is 6.36. The van der Waals surface area contributed by atoms with Crippen LogP contribution in [0, 0.1) is 18.3 Å². The number of aromatic nitrogens is 1. The first kappa shape index (κ1) is 14.8. The zero-order valence-electron chi connectivity index (χ0n) is 13.1. The molecule has 1 aliphatic heterocycles. The van der Waals surface area contributed by atoms with Crippen molar-refractivity contribution in [1.29, 1.82) is 5.26 Å². The Morgan fingerprint density at radius 1 is 1.25 bits per heavy atom. The molecule has 5 heteroatoms. The van der Waals surface area contributed by atoms with Gasteiger partial charge in [0.1, 0.15) is 5.69 Å². The number of nitrogens with zero attached hydrogens (tertiary/aromatic N) is 2. The van der Waals surface area contributed by atoms with E-state index in [2.05, 4.69) is 16.0 Å². The standard InChI is InChI=1S/C19H14ClN3O/c1-11-15-8-14(20)9-16(13-4-2-12(10-21)3-5-13)18(15)23-7-6-22-19(24)17(11)23/h2-5,8-9H,6-7H2,1H3,(H,22,24). The summed E-state index contributed by atoms with van der Waals surface area (Å²) >= 11 is 6.34. The molecule has 4 nitrogen and oxygen atoms in total. The average Bonchev–Trinajstić information content (AvgIpc) is 2.88. The van der Waals surface area contributed by atoms with Gasteiger partial charge in [0.2, 0.25) is 0 Å². The molecule has 0 saturated carbocycles. The molecule has 4 rings (SSSR count). The quantitative estimate of drug-likeness (QED) is 0.733. The summed E-state index contributed by atoms with van der Waals surface area (Å²) in [7, 11) is 0. The van der Waals surface area contributed by atoms with Gasteiger partial charge < -0.3 is 9.88 Å². The number of hydrogen-bond donors (Lipinski definition) is 1. The molecule has 0 unspecified atom stereocenters. The number of fused-ring (bicyclic) bond motifs is 3. The van der Waals surface area contributed by atoms with E-state index in [0.29, 0.717) is 22.8 Å². The summed E-state index contributed by atoms with van der Waals surface area (Å²) in [5, 5.41) is 13.5.